The lowest BCUT2D eigenvalue weighted by atomic mass is 10.2. The predicted molar refractivity (Wildman–Crippen MR) is 115 cm³/mol. The highest BCUT2D eigenvalue weighted by atomic mass is 19.1. The average Bonchev–Trinajstić information content (AvgIpc) is 3.31. The molecular weight excluding hydrogens is 413 g/mol. The molecule has 0 saturated heterocycles. The van der Waals surface area contributed by atoms with Gasteiger partial charge in [0.25, 0.3) is 0 Å². The van der Waals surface area contributed by atoms with Crippen LogP contribution in [0.5, 0.6) is 17.2 Å². The normalized spacial score (nSPS) is 10.9. The zero-order valence-electron chi connectivity index (χ0n) is 16.6. The molecule has 3 aromatic carbocycles. The first kappa shape index (κ1) is 19.5. The van der Waals surface area contributed by atoms with Crippen LogP contribution in [0.2, 0.25) is 0 Å². The molecule has 158 valence electrons. The Balaban J connectivity index is 1.32. The first-order valence-electron chi connectivity index (χ1n) is 9.75. The molecule has 2 heterocycles. The van der Waals surface area contributed by atoms with Crippen LogP contribution in [0.1, 0.15) is 5.69 Å². The van der Waals surface area contributed by atoms with Crippen LogP contribution in [-0.2, 0) is 6.61 Å². The monoisotopic (exact) mass is 429 g/mol. The standard InChI is InChI=1S/C24H16FN3O4/c25-20-8-4-5-9-21(20)32-23-15-31-22-12-18(10-11-19(22)24(23)29)30-14-16-13-28(27-26-16)17-6-2-1-3-7-17/h1-13,15H,14H2. The van der Waals surface area contributed by atoms with Crippen LogP contribution in [0.25, 0.3) is 16.7 Å². The molecule has 0 bridgehead atoms. The summed E-state index contributed by atoms with van der Waals surface area (Å²) in [6, 6.07) is 20.3. The molecule has 0 atom stereocenters. The van der Waals surface area contributed by atoms with Crippen molar-refractivity contribution < 1.29 is 18.3 Å². The Bertz CT molecular complexity index is 1450. The Morgan fingerprint density at radius 3 is 2.62 bits per heavy atom. The molecule has 0 saturated carbocycles. The minimum absolute atomic E-state index is 0.0531. The predicted octanol–water partition coefficient (Wildman–Crippen LogP) is 4.88. The lowest BCUT2D eigenvalue weighted by molar-refractivity contribution is 0.301. The van der Waals surface area contributed by atoms with Crippen LogP contribution in [0.4, 0.5) is 4.39 Å². The van der Waals surface area contributed by atoms with Gasteiger partial charge >= 0.3 is 0 Å². The fourth-order valence-electron chi connectivity index (χ4n) is 3.13. The minimum Gasteiger partial charge on any atom is -0.487 e. The van der Waals surface area contributed by atoms with Gasteiger partial charge in [-0.1, -0.05) is 35.5 Å². The molecule has 0 fully saturated rings. The third-order valence-corrected chi connectivity index (χ3v) is 4.72. The number of benzene rings is 3. The smallest absolute Gasteiger partial charge is 0.235 e. The largest absolute Gasteiger partial charge is 0.487 e. The van der Waals surface area contributed by atoms with Crippen molar-refractivity contribution in [3.05, 3.63) is 107 Å². The van der Waals surface area contributed by atoms with E-state index in [0.717, 1.165) is 12.0 Å². The number of nitrogens with zero attached hydrogens (tertiary/aromatic N) is 3. The summed E-state index contributed by atoms with van der Waals surface area (Å²) in [6.45, 7) is 0.192. The topological polar surface area (TPSA) is 79.4 Å². The molecule has 5 rings (SSSR count). The maximum atomic E-state index is 13.8. The molecule has 0 aliphatic heterocycles. The van der Waals surface area contributed by atoms with Gasteiger partial charge in [-0.2, -0.15) is 0 Å². The second-order valence-electron chi connectivity index (χ2n) is 6.90. The Kier molecular flexibility index (Phi) is 5.09. The minimum atomic E-state index is -0.569. The van der Waals surface area contributed by atoms with E-state index in [2.05, 4.69) is 10.3 Å². The highest BCUT2D eigenvalue weighted by molar-refractivity contribution is 5.79. The maximum absolute atomic E-state index is 13.8. The number of ether oxygens (including phenoxy) is 2. The summed E-state index contributed by atoms with van der Waals surface area (Å²) < 4.78 is 32.2. The van der Waals surface area contributed by atoms with Crippen molar-refractivity contribution in [2.24, 2.45) is 0 Å². The molecular formula is C24H16FN3O4. The van der Waals surface area contributed by atoms with Crippen molar-refractivity contribution in [2.45, 2.75) is 6.61 Å². The molecule has 32 heavy (non-hydrogen) atoms. The number of rotatable bonds is 6. The van der Waals surface area contributed by atoms with Gasteiger partial charge in [-0.15, -0.1) is 5.10 Å². The molecule has 7 nitrogen and oxygen atoms in total. The van der Waals surface area contributed by atoms with Crippen molar-refractivity contribution in [3.8, 4) is 22.9 Å². The zero-order valence-corrected chi connectivity index (χ0v) is 16.6. The van der Waals surface area contributed by atoms with E-state index in [9.17, 15) is 9.18 Å². The average molecular weight is 429 g/mol. The van der Waals surface area contributed by atoms with Crippen molar-refractivity contribution in [1.82, 2.24) is 15.0 Å². The molecule has 0 aliphatic carbocycles. The summed E-state index contributed by atoms with van der Waals surface area (Å²) in [7, 11) is 0. The summed E-state index contributed by atoms with van der Waals surface area (Å²) in [6.07, 6.45) is 2.94. The molecule has 0 amide bonds. The van der Waals surface area contributed by atoms with Gasteiger partial charge in [0.2, 0.25) is 11.2 Å². The molecule has 0 spiro atoms. The van der Waals surface area contributed by atoms with E-state index >= 15 is 0 Å². The highest BCUT2D eigenvalue weighted by Gasteiger charge is 2.12. The van der Waals surface area contributed by atoms with Crippen LogP contribution in [0.3, 0.4) is 0 Å². The first-order valence-corrected chi connectivity index (χ1v) is 9.75. The van der Waals surface area contributed by atoms with E-state index in [4.69, 9.17) is 13.9 Å². The fraction of sp³-hybridized carbons (Fsp3) is 0.0417. The molecule has 0 N–H and O–H groups in total. The molecule has 0 unspecified atom stereocenters. The lowest BCUT2D eigenvalue weighted by Crippen LogP contribution is -2.05. The summed E-state index contributed by atoms with van der Waals surface area (Å²) >= 11 is 0. The van der Waals surface area contributed by atoms with Crippen molar-refractivity contribution in [2.75, 3.05) is 0 Å². The number of hydrogen-bond acceptors (Lipinski definition) is 6. The zero-order chi connectivity index (χ0) is 21.9. The van der Waals surface area contributed by atoms with E-state index in [1.165, 1.54) is 18.2 Å². The van der Waals surface area contributed by atoms with E-state index in [-0.39, 0.29) is 18.1 Å². The van der Waals surface area contributed by atoms with E-state index in [1.54, 1.807) is 35.1 Å². The van der Waals surface area contributed by atoms with E-state index in [0.29, 0.717) is 22.4 Å². The van der Waals surface area contributed by atoms with Crippen LogP contribution in [0, 0.1) is 5.82 Å². The van der Waals surface area contributed by atoms with Gasteiger partial charge in [-0.25, -0.2) is 9.07 Å². The Labute approximate surface area is 181 Å². The van der Waals surface area contributed by atoms with Gasteiger partial charge in [0.15, 0.2) is 11.6 Å². The molecule has 8 heteroatoms. The van der Waals surface area contributed by atoms with Crippen LogP contribution >= 0.6 is 0 Å². The summed E-state index contributed by atoms with van der Waals surface area (Å²) in [5, 5.41) is 8.50. The van der Waals surface area contributed by atoms with E-state index in [1.807, 2.05) is 30.3 Å². The van der Waals surface area contributed by atoms with Gasteiger partial charge in [-0.05, 0) is 36.4 Å². The second-order valence-corrected chi connectivity index (χ2v) is 6.90. The Morgan fingerprint density at radius 1 is 0.969 bits per heavy atom. The summed E-state index contributed by atoms with van der Waals surface area (Å²) in [4.78, 5) is 12.7. The number of halogens is 1. The van der Waals surface area contributed by atoms with Crippen LogP contribution in [0.15, 0.2) is 94.5 Å². The van der Waals surface area contributed by atoms with Gasteiger partial charge in [0.1, 0.15) is 29.9 Å². The number of fused-ring (bicyclic) bond motifs is 1. The van der Waals surface area contributed by atoms with E-state index < -0.39 is 11.2 Å². The number of aromatic nitrogens is 3. The summed E-state index contributed by atoms with van der Waals surface area (Å²) in [5.41, 5.74) is 1.45. The van der Waals surface area contributed by atoms with Crippen molar-refractivity contribution in [3.63, 3.8) is 0 Å². The summed E-state index contributed by atoms with van der Waals surface area (Å²) in [5.74, 6) is -0.228. The molecule has 5 aromatic rings. The molecule has 2 aromatic heterocycles. The van der Waals surface area contributed by atoms with Crippen molar-refractivity contribution in [1.29, 1.82) is 0 Å². The molecule has 0 aliphatic rings. The number of para-hydroxylation sites is 2. The Hall–Kier alpha value is -4.46. The highest BCUT2D eigenvalue weighted by Crippen LogP contribution is 2.25. The van der Waals surface area contributed by atoms with Gasteiger partial charge in [0.05, 0.1) is 17.3 Å². The first-order chi connectivity index (χ1) is 15.7. The van der Waals surface area contributed by atoms with Gasteiger partial charge in [-0.3, -0.25) is 4.79 Å². The second kappa shape index (κ2) is 8.35. The molecule has 0 radical (unpaired) electrons. The Morgan fingerprint density at radius 2 is 1.78 bits per heavy atom. The fourth-order valence-corrected chi connectivity index (χ4v) is 3.13. The quantitative estimate of drug-likeness (QED) is 0.383. The van der Waals surface area contributed by atoms with Gasteiger partial charge in [0, 0.05) is 6.07 Å². The number of hydrogen-bond donors (Lipinski definition) is 0. The van der Waals surface area contributed by atoms with Gasteiger partial charge < -0.3 is 13.9 Å². The third-order valence-electron chi connectivity index (χ3n) is 4.72. The van der Waals surface area contributed by atoms with Crippen LogP contribution < -0.4 is 14.9 Å². The van der Waals surface area contributed by atoms with Crippen molar-refractivity contribution >= 4 is 11.0 Å². The maximum Gasteiger partial charge on any atom is 0.235 e. The van der Waals surface area contributed by atoms with Crippen LogP contribution in [-0.4, -0.2) is 15.0 Å². The lowest BCUT2D eigenvalue weighted by Gasteiger charge is -2.08. The SMILES string of the molecule is O=c1c(Oc2ccccc2F)coc2cc(OCc3cn(-c4ccccc4)nn3)ccc12. The third kappa shape index (κ3) is 3.93.